The minimum Gasteiger partial charge on any atom is -0.434 e. The van der Waals surface area contributed by atoms with Crippen LogP contribution >= 0.6 is 0 Å². The quantitative estimate of drug-likeness (QED) is 0.0354. The van der Waals surface area contributed by atoms with Crippen molar-refractivity contribution in [2.45, 2.75) is 239 Å². The molecule has 0 fully saturated rings. The van der Waals surface area contributed by atoms with Gasteiger partial charge in [-0.3, -0.25) is 0 Å². The van der Waals surface area contributed by atoms with Crippen molar-refractivity contribution in [1.82, 2.24) is 9.80 Å². The molecule has 0 aromatic heterocycles. The first-order chi connectivity index (χ1) is 32.0. The summed E-state index contributed by atoms with van der Waals surface area (Å²) < 4.78 is 31.7. The van der Waals surface area contributed by atoms with Gasteiger partial charge in [0.15, 0.2) is 0 Å². The highest BCUT2D eigenvalue weighted by molar-refractivity contribution is 5.60. The summed E-state index contributed by atoms with van der Waals surface area (Å²) in [7, 11) is 0. The second-order valence-corrected chi connectivity index (χ2v) is 18.2. The number of aliphatic hydroxyl groups excluding tert-OH is 1. The van der Waals surface area contributed by atoms with E-state index in [4.69, 9.17) is 28.4 Å². The highest BCUT2D eigenvalue weighted by atomic mass is 16.7. The molecular weight excluding hydrogens is 825 g/mol. The molecule has 0 amide bonds. The Morgan fingerprint density at radius 2 is 0.477 bits per heavy atom. The summed E-state index contributed by atoms with van der Waals surface area (Å²) in [5, 5.41) is 9.76. The van der Waals surface area contributed by atoms with Gasteiger partial charge in [0, 0.05) is 6.54 Å². The fourth-order valence-electron chi connectivity index (χ4n) is 7.94. The lowest BCUT2D eigenvalue weighted by atomic mass is 10.1. The first kappa shape index (κ1) is 62.7. The standard InChI is InChI=1S/C53H104N2O10/c1-4-7-10-13-16-19-22-31-45-60-51(57)63-48-34-25-28-38-54(39-29-26-35-49-64-52(58)61-46-32-23-20-17-14-11-8-5-2)41-37-42-55(43-44-56)40-30-27-36-50-65-53(59)62-47-33-24-21-18-15-12-9-6-3/h56H,4-50H2,1-3H3. The molecule has 0 bridgehead atoms. The lowest BCUT2D eigenvalue weighted by molar-refractivity contribution is 0.0518. The Kier molecular flexibility index (Phi) is 50.8. The van der Waals surface area contributed by atoms with Crippen LogP contribution in [0.15, 0.2) is 0 Å². The van der Waals surface area contributed by atoms with E-state index in [1.165, 1.54) is 116 Å². The van der Waals surface area contributed by atoms with Crippen LogP contribution in [0.5, 0.6) is 0 Å². The van der Waals surface area contributed by atoms with E-state index in [9.17, 15) is 19.5 Å². The molecule has 0 saturated heterocycles. The Hall–Kier alpha value is -2.31. The number of ether oxygens (including phenoxy) is 6. The molecule has 0 aliphatic heterocycles. The van der Waals surface area contributed by atoms with Gasteiger partial charge in [-0.05, 0) is 116 Å². The zero-order valence-corrected chi connectivity index (χ0v) is 42.7. The Balaban J connectivity index is 4.46. The van der Waals surface area contributed by atoms with E-state index in [2.05, 4.69) is 30.6 Å². The van der Waals surface area contributed by atoms with Crippen molar-refractivity contribution in [3.8, 4) is 0 Å². The largest absolute Gasteiger partial charge is 0.508 e. The maximum Gasteiger partial charge on any atom is 0.508 e. The highest BCUT2D eigenvalue weighted by Gasteiger charge is 2.11. The molecule has 0 rings (SSSR count). The van der Waals surface area contributed by atoms with Gasteiger partial charge in [-0.2, -0.15) is 0 Å². The molecule has 0 saturated carbocycles. The maximum absolute atomic E-state index is 12.0. The molecule has 0 unspecified atom stereocenters. The van der Waals surface area contributed by atoms with E-state index >= 15 is 0 Å². The topological polar surface area (TPSA) is 133 Å². The fourth-order valence-corrected chi connectivity index (χ4v) is 7.94. The predicted molar refractivity (Wildman–Crippen MR) is 266 cm³/mol. The molecule has 65 heavy (non-hydrogen) atoms. The van der Waals surface area contributed by atoms with Crippen molar-refractivity contribution in [3.63, 3.8) is 0 Å². The van der Waals surface area contributed by atoms with E-state index in [0.29, 0.717) is 46.2 Å². The first-order valence-electron chi connectivity index (χ1n) is 27.4. The number of aliphatic hydroxyl groups is 1. The van der Waals surface area contributed by atoms with Crippen LogP contribution in [-0.2, 0) is 28.4 Å². The summed E-state index contributed by atoms with van der Waals surface area (Å²) in [5.74, 6) is 0. The van der Waals surface area contributed by atoms with Gasteiger partial charge >= 0.3 is 18.5 Å². The highest BCUT2D eigenvalue weighted by Crippen LogP contribution is 2.12. The summed E-state index contributed by atoms with van der Waals surface area (Å²) in [5.41, 5.74) is 0. The minimum absolute atomic E-state index is 0.126. The third-order valence-electron chi connectivity index (χ3n) is 12.0. The summed E-state index contributed by atoms with van der Waals surface area (Å²) in [6.45, 7) is 14.6. The zero-order chi connectivity index (χ0) is 47.4. The van der Waals surface area contributed by atoms with Crippen LogP contribution in [-0.4, -0.2) is 119 Å². The van der Waals surface area contributed by atoms with Gasteiger partial charge in [0.25, 0.3) is 0 Å². The molecule has 0 heterocycles. The molecule has 0 atom stereocenters. The Morgan fingerprint density at radius 1 is 0.277 bits per heavy atom. The SMILES string of the molecule is CCCCCCCCCCOC(=O)OCCCCCN(CCO)CCCN(CCCCCOC(=O)OCCCCCCCCCC)CCCCCOC(=O)OCCCCCCCCCC. The zero-order valence-electron chi connectivity index (χ0n) is 42.7. The smallest absolute Gasteiger partial charge is 0.434 e. The van der Waals surface area contributed by atoms with E-state index in [1.54, 1.807) is 0 Å². The molecule has 0 aliphatic rings. The number of rotatable bonds is 51. The summed E-state index contributed by atoms with van der Waals surface area (Å²) in [6, 6.07) is 0. The normalized spacial score (nSPS) is 11.4. The van der Waals surface area contributed by atoms with Crippen molar-refractivity contribution in [3.05, 3.63) is 0 Å². The van der Waals surface area contributed by atoms with Crippen LogP contribution in [0.1, 0.15) is 239 Å². The Bertz CT molecular complexity index is 960. The van der Waals surface area contributed by atoms with Crippen LogP contribution in [0.3, 0.4) is 0 Å². The van der Waals surface area contributed by atoms with Crippen LogP contribution in [0.4, 0.5) is 14.4 Å². The van der Waals surface area contributed by atoms with Gasteiger partial charge in [-0.25, -0.2) is 14.4 Å². The van der Waals surface area contributed by atoms with Crippen LogP contribution in [0, 0.1) is 0 Å². The van der Waals surface area contributed by atoms with Gasteiger partial charge in [0.05, 0.1) is 46.2 Å². The van der Waals surface area contributed by atoms with Crippen LogP contribution in [0.2, 0.25) is 0 Å². The van der Waals surface area contributed by atoms with Gasteiger partial charge in [-0.1, -0.05) is 156 Å². The third-order valence-corrected chi connectivity index (χ3v) is 12.0. The van der Waals surface area contributed by atoms with Gasteiger partial charge < -0.3 is 43.3 Å². The van der Waals surface area contributed by atoms with Crippen molar-refractivity contribution < 1.29 is 47.9 Å². The molecule has 0 spiro atoms. The van der Waals surface area contributed by atoms with Gasteiger partial charge in [0.2, 0.25) is 0 Å². The summed E-state index contributed by atoms with van der Waals surface area (Å²) in [4.78, 5) is 40.9. The molecule has 0 aromatic rings. The average molecular weight is 929 g/mol. The fraction of sp³-hybridized carbons (Fsp3) is 0.943. The molecule has 0 aliphatic carbocycles. The Labute approximate surface area is 399 Å². The van der Waals surface area contributed by atoms with Gasteiger partial charge in [-0.15, -0.1) is 0 Å². The molecule has 12 nitrogen and oxygen atoms in total. The molecule has 0 radical (unpaired) electrons. The maximum atomic E-state index is 12.0. The van der Waals surface area contributed by atoms with Crippen molar-refractivity contribution >= 4 is 18.5 Å². The number of nitrogens with zero attached hydrogens (tertiary/aromatic N) is 2. The van der Waals surface area contributed by atoms with Crippen LogP contribution < -0.4 is 0 Å². The summed E-state index contributed by atoms with van der Waals surface area (Å²) in [6.07, 6.45) is 36.5. The lowest BCUT2D eigenvalue weighted by Crippen LogP contribution is -2.33. The number of unbranched alkanes of at least 4 members (excludes halogenated alkanes) is 27. The number of carbonyl (C=O) groups is 3. The first-order valence-corrected chi connectivity index (χ1v) is 27.4. The molecule has 0 aromatic carbocycles. The molecule has 1 N–H and O–H groups in total. The van der Waals surface area contributed by atoms with E-state index in [0.717, 1.165) is 135 Å². The summed E-state index contributed by atoms with van der Waals surface area (Å²) >= 11 is 0. The number of carbonyl (C=O) groups excluding carboxylic acids is 3. The van der Waals surface area contributed by atoms with Gasteiger partial charge in [0.1, 0.15) is 0 Å². The lowest BCUT2D eigenvalue weighted by Gasteiger charge is -2.25. The van der Waals surface area contributed by atoms with Crippen molar-refractivity contribution in [2.24, 2.45) is 0 Å². The van der Waals surface area contributed by atoms with Crippen LogP contribution in [0.25, 0.3) is 0 Å². The van der Waals surface area contributed by atoms with E-state index in [-0.39, 0.29) is 6.61 Å². The van der Waals surface area contributed by atoms with E-state index < -0.39 is 18.5 Å². The molecular formula is C53H104N2O10. The Morgan fingerprint density at radius 3 is 0.723 bits per heavy atom. The predicted octanol–water partition coefficient (Wildman–Crippen LogP) is 14.4. The minimum atomic E-state index is -0.561. The van der Waals surface area contributed by atoms with E-state index in [1.807, 2.05) is 0 Å². The molecule has 386 valence electrons. The second-order valence-electron chi connectivity index (χ2n) is 18.2. The van der Waals surface area contributed by atoms with Crippen molar-refractivity contribution in [2.75, 3.05) is 85.5 Å². The monoisotopic (exact) mass is 929 g/mol. The number of hydrogen-bond donors (Lipinski definition) is 1. The molecule has 12 heteroatoms. The van der Waals surface area contributed by atoms with Crippen molar-refractivity contribution in [1.29, 1.82) is 0 Å². The third kappa shape index (κ3) is 49.4. The number of hydrogen-bond acceptors (Lipinski definition) is 12. The second kappa shape index (κ2) is 52.7. The average Bonchev–Trinajstić information content (AvgIpc) is 3.30.